The number of carboxylic acid groups (broad SMARTS) is 1. The van der Waals surface area contributed by atoms with Crippen molar-refractivity contribution in [1.82, 2.24) is 4.90 Å². The maximum Gasteiger partial charge on any atom is 0.306 e. The number of aliphatic carboxylic acids is 1. The van der Waals surface area contributed by atoms with E-state index >= 15 is 0 Å². The molecule has 0 radical (unpaired) electrons. The third kappa shape index (κ3) is 8.08. The van der Waals surface area contributed by atoms with E-state index in [4.69, 9.17) is 9.47 Å². The quantitative estimate of drug-likeness (QED) is 0.359. The Morgan fingerprint density at radius 3 is 2.09 bits per heavy atom. The minimum absolute atomic E-state index is 0.0925. The van der Waals surface area contributed by atoms with Gasteiger partial charge in [-0.3, -0.25) is 9.59 Å². The van der Waals surface area contributed by atoms with Gasteiger partial charge in [-0.15, -0.1) is 0 Å². The number of nitrogens with zero attached hydrogens (tertiary/aromatic N) is 1. The topological polar surface area (TPSA) is 76.1 Å². The molecule has 0 aliphatic heterocycles. The summed E-state index contributed by atoms with van der Waals surface area (Å²) < 4.78 is 10.9. The number of aryl methyl sites for hydroxylation is 1. The Morgan fingerprint density at radius 2 is 1.53 bits per heavy atom. The van der Waals surface area contributed by atoms with E-state index in [1.54, 1.807) is 26.4 Å². The summed E-state index contributed by atoms with van der Waals surface area (Å²) in [6, 6.07) is 13.7. The van der Waals surface area contributed by atoms with Gasteiger partial charge in [0.15, 0.2) is 0 Å². The Labute approximate surface area is 203 Å². The van der Waals surface area contributed by atoms with Crippen molar-refractivity contribution in [3.05, 3.63) is 59.2 Å². The average molecular weight is 470 g/mol. The van der Waals surface area contributed by atoms with Crippen LogP contribution in [0.4, 0.5) is 0 Å². The number of hydrogen-bond donors (Lipinski definition) is 1. The average Bonchev–Trinajstić information content (AvgIpc) is 2.85. The molecule has 0 aromatic heterocycles. The Hall–Kier alpha value is -3.02. The van der Waals surface area contributed by atoms with Crippen molar-refractivity contribution in [3.63, 3.8) is 0 Å². The van der Waals surface area contributed by atoms with Crippen LogP contribution in [0.3, 0.4) is 0 Å². The predicted molar refractivity (Wildman–Crippen MR) is 135 cm³/mol. The molecule has 186 valence electrons. The second-order valence-corrected chi connectivity index (χ2v) is 8.71. The molecule has 0 spiro atoms. The lowest BCUT2D eigenvalue weighted by Gasteiger charge is -2.24. The fourth-order valence-corrected chi connectivity index (χ4v) is 4.20. The lowest BCUT2D eigenvalue weighted by atomic mass is 9.96. The van der Waals surface area contributed by atoms with Crippen molar-refractivity contribution in [2.45, 2.75) is 58.8 Å². The highest BCUT2D eigenvalue weighted by Gasteiger charge is 2.21. The monoisotopic (exact) mass is 469 g/mol. The summed E-state index contributed by atoms with van der Waals surface area (Å²) in [7, 11) is 3.16. The van der Waals surface area contributed by atoms with E-state index in [0.29, 0.717) is 49.4 Å². The highest BCUT2D eigenvalue weighted by Crippen LogP contribution is 2.30. The number of carboxylic acids is 1. The standard InChI is InChI=1S/C28H39NO5/c1-5-6-15-23(28(31)32)16-11-18-29(17-10-14-22-12-8-7-9-13-22)27(30)24-19-25(33-3)21(2)26(20-24)34-4/h7-9,12-13,19-20,23H,5-6,10-11,14-18H2,1-4H3,(H,31,32). The van der Waals surface area contributed by atoms with Gasteiger partial charge in [0.2, 0.25) is 0 Å². The van der Waals surface area contributed by atoms with Gasteiger partial charge in [0.05, 0.1) is 20.1 Å². The van der Waals surface area contributed by atoms with Gasteiger partial charge in [-0.2, -0.15) is 0 Å². The summed E-state index contributed by atoms with van der Waals surface area (Å²) >= 11 is 0. The molecule has 0 heterocycles. The summed E-state index contributed by atoms with van der Waals surface area (Å²) in [5.41, 5.74) is 2.59. The van der Waals surface area contributed by atoms with E-state index in [1.807, 2.05) is 30.0 Å². The zero-order chi connectivity index (χ0) is 24.9. The van der Waals surface area contributed by atoms with Crippen LogP contribution in [0.5, 0.6) is 11.5 Å². The number of benzene rings is 2. The van der Waals surface area contributed by atoms with Crippen LogP contribution in [-0.4, -0.2) is 49.2 Å². The van der Waals surface area contributed by atoms with Crippen molar-refractivity contribution in [2.75, 3.05) is 27.3 Å². The fourth-order valence-electron chi connectivity index (χ4n) is 4.20. The molecule has 0 bridgehead atoms. The number of methoxy groups -OCH3 is 2. The second-order valence-electron chi connectivity index (χ2n) is 8.71. The molecule has 0 saturated heterocycles. The van der Waals surface area contributed by atoms with E-state index in [1.165, 1.54) is 5.56 Å². The molecular formula is C28H39NO5. The number of unbranched alkanes of at least 4 members (excludes halogenated alkanes) is 1. The summed E-state index contributed by atoms with van der Waals surface area (Å²) in [4.78, 5) is 27.0. The number of hydrogen-bond acceptors (Lipinski definition) is 4. The molecule has 34 heavy (non-hydrogen) atoms. The number of carbonyl (C=O) groups is 2. The van der Waals surface area contributed by atoms with E-state index in [0.717, 1.165) is 31.2 Å². The minimum atomic E-state index is -0.747. The van der Waals surface area contributed by atoms with Crippen LogP contribution in [0, 0.1) is 12.8 Å². The van der Waals surface area contributed by atoms with Crippen LogP contribution in [0.2, 0.25) is 0 Å². The van der Waals surface area contributed by atoms with Gasteiger partial charge in [0, 0.05) is 24.2 Å². The van der Waals surface area contributed by atoms with Crippen LogP contribution in [0.15, 0.2) is 42.5 Å². The van der Waals surface area contributed by atoms with Crippen molar-refractivity contribution in [2.24, 2.45) is 5.92 Å². The van der Waals surface area contributed by atoms with Gasteiger partial charge in [-0.05, 0) is 56.7 Å². The van der Waals surface area contributed by atoms with Crippen LogP contribution in [-0.2, 0) is 11.2 Å². The normalized spacial score (nSPS) is 11.6. The summed E-state index contributed by atoms with van der Waals surface area (Å²) in [6.45, 7) is 5.07. The molecule has 2 aromatic rings. The Morgan fingerprint density at radius 1 is 0.941 bits per heavy atom. The van der Waals surface area contributed by atoms with Crippen LogP contribution in [0.25, 0.3) is 0 Å². The van der Waals surface area contributed by atoms with Gasteiger partial charge in [0.25, 0.3) is 5.91 Å². The number of ether oxygens (including phenoxy) is 2. The molecule has 1 atom stereocenters. The van der Waals surface area contributed by atoms with E-state index < -0.39 is 5.97 Å². The molecule has 1 amide bonds. The van der Waals surface area contributed by atoms with Crippen LogP contribution >= 0.6 is 0 Å². The van der Waals surface area contributed by atoms with E-state index in [9.17, 15) is 14.7 Å². The SMILES string of the molecule is CCCCC(CCCN(CCCc1ccccc1)C(=O)c1cc(OC)c(C)c(OC)c1)C(=O)O. The van der Waals surface area contributed by atoms with Crippen LogP contribution in [0.1, 0.15) is 66.9 Å². The highest BCUT2D eigenvalue weighted by atomic mass is 16.5. The number of rotatable bonds is 15. The molecule has 1 N–H and O–H groups in total. The third-order valence-corrected chi connectivity index (χ3v) is 6.26. The molecule has 1 unspecified atom stereocenters. The van der Waals surface area contributed by atoms with E-state index in [-0.39, 0.29) is 11.8 Å². The minimum Gasteiger partial charge on any atom is -0.496 e. The van der Waals surface area contributed by atoms with E-state index in [2.05, 4.69) is 19.1 Å². The molecule has 0 aliphatic rings. The molecule has 6 nitrogen and oxygen atoms in total. The lowest BCUT2D eigenvalue weighted by Crippen LogP contribution is -2.33. The van der Waals surface area contributed by atoms with Crippen molar-refractivity contribution in [1.29, 1.82) is 0 Å². The first kappa shape index (κ1) is 27.2. The third-order valence-electron chi connectivity index (χ3n) is 6.26. The summed E-state index contributed by atoms with van der Waals surface area (Å²) in [5, 5.41) is 9.55. The van der Waals surface area contributed by atoms with Crippen LogP contribution < -0.4 is 9.47 Å². The molecule has 2 rings (SSSR count). The molecule has 0 aliphatic carbocycles. The molecule has 0 saturated carbocycles. The van der Waals surface area contributed by atoms with Gasteiger partial charge in [-0.25, -0.2) is 0 Å². The fraction of sp³-hybridized carbons (Fsp3) is 0.500. The Kier molecular flexibility index (Phi) is 11.4. The molecule has 6 heteroatoms. The predicted octanol–water partition coefficient (Wildman–Crippen LogP) is 5.76. The van der Waals surface area contributed by atoms with Crippen molar-refractivity contribution < 1.29 is 24.2 Å². The van der Waals surface area contributed by atoms with Gasteiger partial charge < -0.3 is 19.5 Å². The maximum absolute atomic E-state index is 13.5. The first-order chi connectivity index (χ1) is 16.4. The molecule has 0 fully saturated rings. The van der Waals surface area contributed by atoms with Gasteiger partial charge in [0.1, 0.15) is 11.5 Å². The van der Waals surface area contributed by atoms with Gasteiger partial charge >= 0.3 is 5.97 Å². The van der Waals surface area contributed by atoms with Crippen molar-refractivity contribution in [3.8, 4) is 11.5 Å². The number of carbonyl (C=O) groups excluding carboxylic acids is 1. The van der Waals surface area contributed by atoms with Gasteiger partial charge in [-0.1, -0.05) is 50.1 Å². The highest BCUT2D eigenvalue weighted by molar-refractivity contribution is 5.95. The Balaban J connectivity index is 2.14. The maximum atomic E-state index is 13.5. The zero-order valence-corrected chi connectivity index (χ0v) is 21.0. The molecular weight excluding hydrogens is 430 g/mol. The Bertz CT molecular complexity index is 887. The number of amides is 1. The first-order valence-corrected chi connectivity index (χ1v) is 12.2. The lowest BCUT2D eigenvalue weighted by molar-refractivity contribution is -0.142. The first-order valence-electron chi connectivity index (χ1n) is 12.2. The second kappa shape index (κ2) is 14.3. The zero-order valence-electron chi connectivity index (χ0n) is 21.0. The van der Waals surface area contributed by atoms with Crippen molar-refractivity contribution >= 4 is 11.9 Å². The molecule has 2 aromatic carbocycles. The largest absolute Gasteiger partial charge is 0.496 e. The smallest absolute Gasteiger partial charge is 0.306 e. The summed E-state index contributed by atoms with van der Waals surface area (Å²) in [6.07, 6.45) is 5.48. The summed E-state index contributed by atoms with van der Waals surface area (Å²) in [5.74, 6) is 0.0178.